The van der Waals surface area contributed by atoms with Crippen LogP contribution < -0.4 is 5.32 Å². The van der Waals surface area contributed by atoms with E-state index in [-0.39, 0.29) is 10.9 Å². The summed E-state index contributed by atoms with van der Waals surface area (Å²) in [4.78, 5) is 16.4. The van der Waals surface area contributed by atoms with Gasteiger partial charge in [0.15, 0.2) is 0 Å². The zero-order valence-corrected chi connectivity index (χ0v) is 27.8. The molecule has 12 heteroatoms. The van der Waals surface area contributed by atoms with Crippen molar-refractivity contribution in [3.63, 3.8) is 0 Å². The second kappa shape index (κ2) is 14.3. The van der Waals surface area contributed by atoms with Gasteiger partial charge in [-0.05, 0) is 67.0 Å². The topological polar surface area (TPSA) is 91.4 Å². The van der Waals surface area contributed by atoms with E-state index < -0.39 is 12.6 Å². The molecular formula is C36H40F3N7OS. The minimum Gasteiger partial charge on any atom is -0.478 e. The lowest BCUT2D eigenvalue weighted by Crippen LogP contribution is -2.38. The van der Waals surface area contributed by atoms with E-state index in [0.717, 1.165) is 72.6 Å². The summed E-state index contributed by atoms with van der Waals surface area (Å²) in [5.41, 5.74) is 4.00. The quantitative estimate of drug-likeness (QED) is 0.162. The second-order valence-corrected chi connectivity index (χ2v) is 14.5. The minimum absolute atomic E-state index is 0.178. The fourth-order valence-electron chi connectivity index (χ4n) is 7.35. The summed E-state index contributed by atoms with van der Waals surface area (Å²) in [5.74, 6) is 2.18. The number of likely N-dealkylation sites (tertiary alicyclic amines) is 1. The number of aromatic nitrogens is 3. The molecule has 0 radical (unpaired) electrons. The molecule has 252 valence electrons. The number of aliphatic imine (C=N–C) groups is 1. The van der Waals surface area contributed by atoms with Crippen LogP contribution in [0.3, 0.4) is 0 Å². The SMILES string of the molecule is N#Cc1cc2cc(CN3CCC(Nc4ncnc5sc(CC(F)(F)F)cc45)CC3)ccc2n1CC1=CC(OCCCC2CCCC2)=NC1. The van der Waals surface area contributed by atoms with Gasteiger partial charge in [0.1, 0.15) is 28.7 Å². The summed E-state index contributed by atoms with van der Waals surface area (Å²) in [6.07, 6.45) is 7.82. The lowest BCUT2D eigenvalue weighted by molar-refractivity contribution is -0.126. The third-order valence-electron chi connectivity index (χ3n) is 9.78. The van der Waals surface area contributed by atoms with Crippen LogP contribution in [-0.4, -0.2) is 63.8 Å². The second-order valence-electron chi connectivity index (χ2n) is 13.4. The first kappa shape index (κ1) is 32.6. The van der Waals surface area contributed by atoms with Gasteiger partial charge in [0, 0.05) is 54.1 Å². The van der Waals surface area contributed by atoms with Crippen molar-refractivity contribution in [1.29, 1.82) is 5.26 Å². The van der Waals surface area contributed by atoms with Crippen LogP contribution in [0.2, 0.25) is 0 Å². The first-order valence-corrected chi connectivity index (χ1v) is 17.8. The van der Waals surface area contributed by atoms with Crippen molar-refractivity contribution in [2.75, 3.05) is 31.6 Å². The molecule has 0 bridgehead atoms. The van der Waals surface area contributed by atoms with Crippen molar-refractivity contribution < 1.29 is 17.9 Å². The molecule has 4 aromatic rings. The Labute approximate surface area is 282 Å². The number of halogens is 3. The van der Waals surface area contributed by atoms with Crippen LogP contribution in [-0.2, 0) is 24.2 Å². The number of hydrogen-bond acceptors (Lipinski definition) is 8. The Morgan fingerprint density at radius 3 is 2.67 bits per heavy atom. The third-order valence-corrected chi connectivity index (χ3v) is 10.8. The number of ether oxygens (including phenoxy) is 1. The molecule has 1 saturated carbocycles. The van der Waals surface area contributed by atoms with Crippen molar-refractivity contribution in [1.82, 2.24) is 19.4 Å². The molecule has 5 heterocycles. The zero-order chi connectivity index (χ0) is 33.1. The highest BCUT2D eigenvalue weighted by molar-refractivity contribution is 7.18. The smallest absolute Gasteiger partial charge is 0.393 e. The first-order valence-electron chi connectivity index (χ1n) is 17.0. The molecule has 0 spiro atoms. The van der Waals surface area contributed by atoms with Gasteiger partial charge in [-0.15, -0.1) is 11.3 Å². The van der Waals surface area contributed by atoms with E-state index in [4.69, 9.17) is 4.74 Å². The summed E-state index contributed by atoms with van der Waals surface area (Å²) >= 11 is 1.07. The molecule has 7 rings (SSSR count). The maximum absolute atomic E-state index is 12.9. The molecule has 1 N–H and O–H groups in total. The molecule has 48 heavy (non-hydrogen) atoms. The van der Waals surface area contributed by atoms with Gasteiger partial charge in [-0.2, -0.15) is 18.4 Å². The highest BCUT2D eigenvalue weighted by Gasteiger charge is 2.29. The number of anilines is 1. The Morgan fingerprint density at radius 1 is 1.04 bits per heavy atom. The Morgan fingerprint density at radius 2 is 1.88 bits per heavy atom. The number of rotatable bonds is 11. The number of thiophene rings is 1. The average molecular weight is 676 g/mol. The lowest BCUT2D eigenvalue weighted by atomic mass is 10.0. The lowest BCUT2D eigenvalue weighted by Gasteiger charge is -2.32. The fourth-order valence-corrected chi connectivity index (χ4v) is 8.38. The number of nitriles is 1. The Balaban J connectivity index is 0.923. The molecular weight excluding hydrogens is 636 g/mol. The van der Waals surface area contributed by atoms with E-state index >= 15 is 0 Å². The minimum atomic E-state index is -4.25. The van der Waals surface area contributed by atoms with Gasteiger partial charge >= 0.3 is 6.18 Å². The van der Waals surface area contributed by atoms with Crippen LogP contribution in [0.25, 0.3) is 21.1 Å². The molecule has 0 unspecified atom stereocenters. The molecule has 1 aliphatic carbocycles. The molecule has 2 aliphatic heterocycles. The number of benzene rings is 1. The molecule has 0 amide bonds. The Kier molecular flexibility index (Phi) is 9.69. The number of alkyl halides is 3. The van der Waals surface area contributed by atoms with Crippen LogP contribution >= 0.6 is 11.3 Å². The predicted molar refractivity (Wildman–Crippen MR) is 183 cm³/mol. The largest absolute Gasteiger partial charge is 0.478 e. The van der Waals surface area contributed by atoms with Crippen LogP contribution in [0.1, 0.15) is 67.5 Å². The van der Waals surface area contributed by atoms with Crippen molar-refractivity contribution in [3.8, 4) is 6.07 Å². The van der Waals surface area contributed by atoms with Gasteiger partial charge in [0.25, 0.3) is 0 Å². The maximum atomic E-state index is 12.9. The van der Waals surface area contributed by atoms with Gasteiger partial charge in [-0.1, -0.05) is 31.7 Å². The molecule has 8 nitrogen and oxygen atoms in total. The standard InChI is InChI=1S/C36H40F3N7OS/c37-36(38,39)18-30-17-31-34(42-23-43-35(31)48-30)44-28-9-11-45(12-10-28)21-25-7-8-32-27(14-25)16-29(19-40)46(32)22-26-15-33(41-20-26)47-13-3-6-24-4-1-2-5-24/h7-8,14-17,23-24,28H,1-6,9-13,18,20-22H2,(H,42,43,44). The maximum Gasteiger partial charge on any atom is 0.393 e. The number of piperidine rings is 1. The zero-order valence-electron chi connectivity index (χ0n) is 26.9. The van der Waals surface area contributed by atoms with Crippen molar-refractivity contribution in [3.05, 3.63) is 64.4 Å². The Bertz CT molecular complexity index is 1860. The van der Waals surface area contributed by atoms with Gasteiger partial charge in [0.2, 0.25) is 5.90 Å². The summed E-state index contributed by atoms with van der Waals surface area (Å²) in [6.45, 7) is 4.49. The van der Waals surface area contributed by atoms with Crippen LogP contribution in [0.5, 0.6) is 0 Å². The Hall–Kier alpha value is -3.95. The number of hydrogen-bond donors (Lipinski definition) is 1. The normalized spacial score (nSPS) is 18.0. The number of nitrogens with one attached hydrogen (secondary N) is 1. The monoisotopic (exact) mass is 675 g/mol. The predicted octanol–water partition coefficient (Wildman–Crippen LogP) is 8.02. The van der Waals surface area contributed by atoms with Crippen LogP contribution in [0, 0.1) is 17.2 Å². The van der Waals surface area contributed by atoms with E-state index in [9.17, 15) is 18.4 Å². The van der Waals surface area contributed by atoms with Gasteiger partial charge < -0.3 is 14.6 Å². The molecule has 2 fully saturated rings. The highest BCUT2D eigenvalue weighted by Crippen LogP contribution is 2.33. The molecule has 1 aromatic carbocycles. The summed E-state index contributed by atoms with van der Waals surface area (Å²) in [7, 11) is 0. The summed E-state index contributed by atoms with van der Waals surface area (Å²) < 4.78 is 46.8. The van der Waals surface area contributed by atoms with Crippen LogP contribution in [0.4, 0.5) is 19.0 Å². The van der Waals surface area contributed by atoms with E-state index in [0.29, 0.717) is 47.3 Å². The molecule has 0 atom stereocenters. The van der Waals surface area contributed by atoms with E-state index in [2.05, 4.69) is 54.0 Å². The molecule has 1 saturated heterocycles. The number of fused-ring (bicyclic) bond motifs is 2. The van der Waals surface area contributed by atoms with Gasteiger partial charge in [-0.25, -0.2) is 15.0 Å². The summed E-state index contributed by atoms with van der Waals surface area (Å²) in [6, 6.07) is 12.5. The van der Waals surface area contributed by atoms with E-state index in [1.807, 2.05) is 12.1 Å². The van der Waals surface area contributed by atoms with Crippen molar-refractivity contribution in [2.24, 2.45) is 10.9 Å². The van der Waals surface area contributed by atoms with Gasteiger partial charge in [-0.3, -0.25) is 4.90 Å². The number of nitrogens with zero attached hydrogens (tertiary/aromatic N) is 6. The van der Waals surface area contributed by atoms with Crippen molar-refractivity contribution >= 4 is 44.2 Å². The van der Waals surface area contributed by atoms with E-state index in [1.54, 1.807) is 6.07 Å². The van der Waals surface area contributed by atoms with Crippen molar-refractivity contribution in [2.45, 2.75) is 83.1 Å². The first-order chi connectivity index (χ1) is 23.3. The molecule has 3 aromatic heterocycles. The summed E-state index contributed by atoms with van der Waals surface area (Å²) in [5, 5.41) is 15.1. The van der Waals surface area contributed by atoms with E-state index in [1.165, 1.54) is 44.0 Å². The fraction of sp³-hybridized carbons (Fsp3) is 0.500. The van der Waals surface area contributed by atoms with Crippen LogP contribution in [0.15, 0.2) is 53.3 Å². The van der Waals surface area contributed by atoms with Gasteiger partial charge in [0.05, 0.1) is 25.0 Å². The molecule has 3 aliphatic rings. The highest BCUT2D eigenvalue weighted by atomic mass is 32.1. The third kappa shape index (κ3) is 7.84. The average Bonchev–Trinajstić information content (AvgIpc) is 3.87.